The van der Waals surface area contributed by atoms with Gasteiger partial charge in [-0.3, -0.25) is 9.36 Å². The van der Waals surface area contributed by atoms with E-state index in [2.05, 4.69) is 19.2 Å². The van der Waals surface area contributed by atoms with Gasteiger partial charge in [-0.1, -0.05) is 353 Å². The van der Waals surface area contributed by atoms with Crippen LogP contribution in [0.15, 0.2) is 12.2 Å². The van der Waals surface area contributed by atoms with Gasteiger partial charge in [0.25, 0.3) is 7.82 Å². The van der Waals surface area contributed by atoms with Gasteiger partial charge in [0.05, 0.1) is 39.9 Å². The minimum atomic E-state index is -4.60. The standard InChI is InChI=1S/C68H137N2O6P/c1-6-8-10-12-14-16-18-20-22-24-26-28-30-31-32-33-34-35-36-37-38-40-41-43-45-47-49-51-53-55-57-59-61-67(71)66(65-76-77(73,74)75-64-63-70(3,4)5)69-68(72)62-60-58-56-54-52-50-48-46-44-42-39-29-27-25-23-21-19-17-15-13-11-9-7-2/h59,61,66-67,71H,6-58,60,62-65H2,1-5H3,(H-,69,72,73,74)/b61-59+. The summed E-state index contributed by atoms with van der Waals surface area (Å²) in [6.07, 6.45) is 76.2. The van der Waals surface area contributed by atoms with Crippen LogP contribution in [0.1, 0.15) is 367 Å². The molecule has 0 saturated carbocycles. The van der Waals surface area contributed by atoms with E-state index in [0.717, 1.165) is 38.5 Å². The molecule has 0 aromatic carbocycles. The lowest BCUT2D eigenvalue weighted by Gasteiger charge is -2.29. The smallest absolute Gasteiger partial charge is 0.268 e. The number of carbonyl (C=O) groups is 1. The molecule has 0 aliphatic heterocycles. The first-order valence-corrected chi connectivity index (χ1v) is 36.0. The molecular formula is C68H137N2O6P. The van der Waals surface area contributed by atoms with Crippen molar-refractivity contribution in [3.05, 3.63) is 12.2 Å². The average molecular weight is 1110 g/mol. The highest BCUT2D eigenvalue weighted by molar-refractivity contribution is 7.45. The molecule has 0 aromatic rings. The fourth-order valence-electron chi connectivity index (χ4n) is 10.9. The van der Waals surface area contributed by atoms with Crippen molar-refractivity contribution in [2.24, 2.45) is 0 Å². The molecule has 77 heavy (non-hydrogen) atoms. The Kier molecular flexibility index (Phi) is 59.3. The number of phosphoric ester groups is 1. The normalized spacial score (nSPS) is 13.7. The van der Waals surface area contributed by atoms with Crippen LogP contribution < -0.4 is 10.2 Å². The van der Waals surface area contributed by atoms with Crippen LogP contribution in [0.4, 0.5) is 0 Å². The van der Waals surface area contributed by atoms with Gasteiger partial charge in [-0.15, -0.1) is 0 Å². The van der Waals surface area contributed by atoms with E-state index >= 15 is 0 Å². The first-order chi connectivity index (χ1) is 37.5. The van der Waals surface area contributed by atoms with E-state index < -0.39 is 20.0 Å². The zero-order valence-corrected chi connectivity index (χ0v) is 53.6. The molecule has 0 saturated heterocycles. The minimum absolute atomic E-state index is 0.00297. The monoisotopic (exact) mass is 1110 g/mol. The van der Waals surface area contributed by atoms with Crippen molar-refractivity contribution in [1.82, 2.24) is 5.32 Å². The minimum Gasteiger partial charge on any atom is -0.756 e. The van der Waals surface area contributed by atoms with Gasteiger partial charge in [-0.25, -0.2) is 0 Å². The van der Waals surface area contributed by atoms with Crippen molar-refractivity contribution < 1.29 is 32.9 Å². The molecule has 0 aliphatic rings. The van der Waals surface area contributed by atoms with Crippen molar-refractivity contribution in [1.29, 1.82) is 0 Å². The molecule has 460 valence electrons. The number of aliphatic hydroxyl groups excluding tert-OH is 1. The number of likely N-dealkylation sites (N-methyl/N-ethyl adjacent to an activating group) is 1. The van der Waals surface area contributed by atoms with E-state index in [1.807, 2.05) is 27.2 Å². The van der Waals surface area contributed by atoms with Crippen molar-refractivity contribution in [2.75, 3.05) is 40.9 Å². The molecule has 3 unspecified atom stereocenters. The Morgan fingerprint density at radius 2 is 0.701 bits per heavy atom. The SMILES string of the molecule is CCCCCCCCCCCCCCCCCCCCCCCCCCCCCCCC/C=C/C(O)C(COP(=O)([O-])OCC[N+](C)(C)C)NC(=O)CCCCCCCCCCCCCCCCCCCCCCCCC. The first kappa shape index (κ1) is 76.2. The second-order valence-electron chi connectivity index (χ2n) is 25.3. The third kappa shape index (κ3) is 62.7. The number of allylic oxidation sites excluding steroid dienone is 1. The molecule has 8 nitrogen and oxygen atoms in total. The van der Waals surface area contributed by atoms with Gasteiger partial charge in [0.2, 0.25) is 5.91 Å². The van der Waals surface area contributed by atoms with Crippen LogP contribution in [0, 0.1) is 0 Å². The van der Waals surface area contributed by atoms with E-state index in [1.165, 1.54) is 308 Å². The topological polar surface area (TPSA) is 108 Å². The maximum atomic E-state index is 13.0. The number of carbonyl (C=O) groups excluding carboxylic acids is 1. The summed E-state index contributed by atoms with van der Waals surface area (Å²) in [7, 11) is 1.28. The Bertz CT molecular complexity index is 1260. The van der Waals surface area contributed by atoms with E-state index in [0.29, 0.717) is 17.4 Å². The lowest BCUT2D eigenvalue weighted by atomic mass is 10.0. The first-order valence-electron chi connectivity index (χ1n) is 34.6. The molecule has 3 atom stereocenters. The molecule has 0 fully saturated rings. The summed E-state index contributed by atoms with van der Waals surface area (Å²) in [5, 5.41) is 14.0. The highest BCUT2D eigenvalue weighted by Crippen LogP contribution is 2.38. The highest BCUT2D eigenvalue weighted by Gasteiger charge is 2.23. The Labute approximate surface area is 482 Å². The number of nitrogens with zero attached hydrogens (tertiary/aromatic N) is 1. The second-order valence-corrected chi connectivity index (χ2v) is 26.7. The lowest BCUT2D eigenvalue weighted by molar-refractivity contribution is -0.870. The van der Waals surface area contributed by atoms with E-state index in [1.54, 1.807) is 6.08 Å². The van der Waals surface area contributed by atoms with Gasteiger partial charge in [-0.05, 0) is 19.3 Å². The van der Waals surface area contributed by atoms with Crippen LogP contribution in [-0.2, 0) is 18.4 Å². The maximum absolute atomic E-state index is 13.0. The van der Waals surface area contributed by atoms with Gasteiger partial charge in [-0.2, -0.15) is 0 Å². The number of amides is 1. The summed E-state index contributed by atoms with van der Waals surface area (Å²) < 4.78 is 23.5. The van der Waals surface area contributed by atoms with Crippen molar-refractivity contribution in [3.63, 3.8) is 0 Å². The summed E-state index contributed by atoms with van der Waals surface area (Å²) in [6, 6.07) is -0.883. The van der Waals surface area contributed by atoms with E-state index in [9.17, 15) is 19.4 Å². The fraction of sp³-hybridized carbons (Fsp3) is 0.956. The predicted molar refractivity (Wildman–Crippen MR) is 335 cm³/mol. The van der Waals surface area contributed by atoms with Crippen molar-refractivity contribution >= 4 is 13.7 Å². The fourth-order valence-corrected chi connectivity index (χ4v) is 11.6. The maximum Gasteiger partial charge on any atom is 0.268 e. The molecule has 0 rings (SSSR count). The second kappa shape index (κ2) is 59.8. The number of nitrogens with one attached hydrogen (secondary N) is 1. The molecule has 0 aliphatic carbocycles. The third-order valence-corrected chi connectivity index (χ3v) is 17.2. The molecule has 1 amide bonds. The number of phosphoric acid groups is 1. The molecular weight excluding hydrogens is 972 g/mol. The molecule has 9 heteroatoms. The molecule has 0 aromatic heterocycles. The van der Waals surface area contributed by atoms with E-state index in [-0.39, 0.29) is 19.1 Å². The number of hydrogen-bond acceptors (Lipinski definition) is 6. The molecule has 2 N–H and O–H groups in total. The van der Waals surface area contributed by atoms with Gasteiger partial charge >= 0.3 is 0 Å². The van der Waals surface area contributed by atoms with E-state index in [4.69, 9.17) is 9.05 Å². The average Bonchev–Trinajstić information content (AvgIpc) is 3.39. The van der Waals surface area contributed by atoms with Crippen LogP contribution in [0.5, 0.6) is 0 Å². The van der Waals surface area contributed by atoms with Gasteiger partial charge in [0, 0.05) is 6.42 Å². The largest absolute Gasteiger partial charge is 0.756 e. The number of hydrogen-bond donors (Lipinski definition) is 2. The summed E-state index contributed by atoms with van der Waals surface area (Å²) in [5.41, 5.74) is 0. The predicted octanol–water partition coefficient (Wildman–Crippen LogP) is 21.1. The number of rotatable bonds is 65. The summed E-state index contributed by atoms with van der Waals surface area (Å²) in [5.74, 6) is -0.188. The quantitative estimate of drug-likeness (QED) is 0.0272. The van der Waals surface area contributed by atoms with Crippen LogP contribution >= 0.6 is 7.82 Å². The Morgan fingerprint density at radius 1 is 0.442 bits per heavy atom. The Balaban J connectivity index is 4.03. The van der Waals surface area contributed by atoms with Gasteiger partial charge < -0.3 is 28.8 Å². The zero-order valence-electron chi connectivity index (χ0n) is 52.7. The van der Waals surface area contributed by atoms with Crippen LogP contribution in [0.25, 0.3) is 0 Å². The molecule has 0 spiro atoms. The molecule has 0 heterocycles. The van der Waals surface area contributed by atoms with Gasteiger partial charge in [0.15, 0.2) is 0 Å². The van der Waals surface area contributed by atoms with Crippen LogP contribution in [0.3, 0.4) is 0 Å². The number of quaternary nitrogens is 1. The van der Waals surface area contributed by atoms with Gasteiger partial charge in [0.1, 0.15) is 13.2 Å². The third-order valence-electron chi connectivity index (χ3n) is 16.2. The Hall–Kier alpha value is -0.760. The highest BCUT2D eigenvalue weighted by atomic mass is 31.2. The molecule has 0 bridgehead atoms. The lowest BCUT2D eigenvalue weighted by Crippen LogP contribution is -2.45. The van der Waals surface area contributed by atoms with Crippen LogP contribution in [-0.4, -0.2) is 68.5 Å². The summed E-state index contributed by atoms with van der Waals surface area (Å²) >= 11 is 0. The zero-order chi connectivity index (χ0) is 56.3. The van der Waals surface area contributed by atoms with Crippen molar-refractivity contribution in [3.8, 4) is 0 Å². The Morgan fingerprint density at radius 3 is 0.974 bits per heavy atom. The summed E-state index contributed by atoms with van der Waals surface area (Å²) in [4.78, 5) is 25.6. The number of aliphatic hydroxyl groups is 1. The van der Waals surface area contributed by atoms with Crippen LogP contribution in [0.2, 0.25) is 0 Å². The molecule has 0 radical (unpaired) electrons. The summed E-state index contributed by atoms with van der Waals surface area (Å²) in [6.45, 7) is 4.72. The number of unbranched alkanes of at least 4 members (excludes halogenated alkanes) is 52. The van der Waals surface area contributed by atoms with Crippen molar-refractivity contribution in [2.45, 2.75) is 379 Å².